The Morgan fingerprint density at radius 3 is 1.38 bits per heavy atom. The van der Waals surface area contributed by atoms with Crippen LogP contribution in [0.3, 0.4) is 0 Å². The van der Waals surface area contributed by atoms with Gasteiger partial charge in [0.05, 0.1) is 0 Å². The van der Waals surface area contributed by atoms with E-state index in [9.17, 15) is 26.3 Å². The smallest absolute Gasteiger partial charge is 0.198 e. The lowest BCUT2D eigenvalue weighted by atomic mass is 10.4. The van der Waals surface area contributed by atoms with Gasteiger partial charge in [0.1, 0.15) is 0 Å². The highest BCUT2D eigenvalue weighted by Crippen LogP contribution is 2.36. The predicted octanol–water partition coefficient (Wildman–Crippen LogP) is 3.25. The van der Waals surface area contributed by atoms with Gasteiger partial charge in [0, 0.05) is 5.70 Å². The van der Waals surface area contributed by atoms with E-state index in [1.807, 2.05) is 0 Å². The van der Waals surface area contributed by atoms with Gasteiger partial charge in [-0.15, -0.1) is 26.3 Å². The Bertz CT molecular complexity index is 186. The van der Waals surface area contributed by atoms with Crippen molar-refractivity contribution in [3.8, 4) is 0 Å². The molecule has 0 fully saturated rings. The summed E-state index contributed by atoms with van der Waals surface area (Å²) in [4.78, 5) is -1.54. The van der Waals surface area contributed by atoms with E-state index in [4.69, 9.17) is 0 Å². The first-order valence-electron chi connectivity index (χ1n) is 3.17. The van der Waals surface area contributed by atoms with E-state index >= 15 is 0 Å². The molecule has 0 aliphatic rings. The van der Waals surface area contributed by atoms with E-state index in [0.717, 1.165) is 19.9 Å². The molecule has 0 aliphatic carbocycles. The highest BCUT2D eigenvalue weighted by Gasteiger charge is 2.53. The normalized spacial score (nSPS) is 14.6. The number of alkyl halides is 6. The zero-order chi connectivity index (χ0) is 10.9. The van der Waals surface area contributed by atoms with E-state index in [-0.39, 0.29) is 0 Å². The molecule has 0 radical (unpaired) electrons. The number of allylic oxidation sites excluding steroid dienone is 2. The minimum Gasteiger partial charge on any atom is -0.198 e. The number of halogens is 6. The van der Waals surface area contributed by atoms with Crippen molar-refractivity contribution in [2.45, 2.75) is 26.4 Å². The van der Waals surface area contributed by atoms with Crippen molar-refractivity contribution in [3.05, 3.63) is 11.8 Å². The first kappa shape index (κ1) is 12.1. The predicted molar refractivity (Wildman–Crippen MR) is 33.4 cm³/mol. The average Bonchev–Trinajstić information content (AvgIpc) is 1.80. The van der Waals surface area contributed by atoms with Gasteiger partial charge in [0.15, 0.2) is 0 Å². The second kappa shape index (κ2) is 3.47. The summed E-state index contributed by atoms with van der Waals surface area (Å²) in [5.74, 6) is 0. The third-order valence-corrected chi connectivity index (χ3v) is 1.28. The van der Waals surface area contributed by atoms with Crippen LogP contribution in [0.25, 0.3) is 0 Å². The van der Waals surface area contributed by atoms with Gasteiger partial charge in [-0.25, -0.2) is 0 Å². The topological polar surface area (TPSA) is 3.24 Å². The Labute approximate surface area is 70.6 Å². The van der Waals surface area contributed by atoms with Crippen LogP contribution in [0.2, 0.25) is 0 Å². The number of rotatable bonds is 1. The van der Waals surface area contributed by atoms with Crippen LogP contribution in [0, 0.1) is 0 Å². The zero-order valence-corrected chi connectivity index (χ0v) is 6.79. The first-order chi connectivity index (χ1) is 5.60. The molecule has 0 atom stereocenters. The summed E-state index contributed by atoms with van der Waals surface area (Å²) in [6.07, 6.45) is -10.1. The minimum atomic E-state index is -5.44. The van der Waals surface area contributed by atoms with E-state index < -0.39 is 23.2 Å². The van der Waals surface area contributed by atoms with Crippen LogP contribution in [-0.4, -0.2) is 17.5 Å². The highest BCUT2D eigenvalue weighted by atomic mass is 19.4. The van der Waals surface area contributed by atoms with Crippen molar-refractivity contribution in [1.29, 1.82) is 0 Å². The zero-order valence-electron chi connectivity index (χ0n) is 6.79. The first-order valence-corrected chi connectivity index (χ1v) is 3.17. The van der Waals surface area contributed by atoms with Crippen molar-refractivity contribution in [3.63, 3.8) is 0 Å². The molecule has 0 amide bonds. The lowest BCUT2D eigenvalue weighted by Gasteiger charge is -2.28. The van der Waals surface area contributed by atoms with Gasteiger partial charge in [-0.3, -0.25) is 0 Å². The number of nitrogens with zero attached hydrogens (tertiary/aromatic N) is 1. The molecule has 0 aromatic heterocycles. The quantitative estimate of drug-likeness (QED) is 0.471. The van der Waals surface area contributed by atoms with E-state index in [1.54, 1.807) is 0 Å². The summed E-state index contributed by atoms with van der Waals surface area (Å²) in [6.45, 7) is 1.83. The molecule has 0 aliphatic heterocycles. The molecule has 0 saturated carbocycles. The standard InChI is InChI=1S/C6H7F6N/c1-3-4(2)13(5(7,8)9)6(10,11)12/h3H,1-2H3/b4-3-. The van der Waals surface area contributed by atoms with Gasteiger partial charge in [0.25, 0.3) is 0 Å². The van der Waals surface area contributed by atoms with Crippen molar-refractivity contribution < 1.29 is 26.3 Å². The van der Waals surface area contributed by atoms with Gasteiger partial charge >= 0.3 is 12.6 Å². The van der Waals surface area contributed by atoms with Crippen LogP contribution in [0.4, 0.5) is 26.3 Å². The van der Waals surface area contributed by atoms with Crippen molar-refractivity contribution in [1.82, 2.24) is 4.90 Å². The third-order valence-electron chi connectivity index (χ3n) is 1.28. The molecule has 0 rings (SSSR count). The second-order valence-electron chi connectivity index (χ2n) is 2.20. The molecule has 0 N–H and O–H groups in total. The molecule has 1 nitrogen and oxygen atoms in total. The fourth-order valence-corrected chi connectivity index (χ4v) is 0.673. The molecule has 0 bridgehead atoms. The van der Waals surface area contributed by atoms with Gasteiger partial charge in [-0.2, -0.15) is 4.90 Å². The fourth-order valence-electron chi connectivity index (χ4n) is 0.673. The van der Waals surface area contributed by atoms with Crippen LogP contribution < -0.4 is 0 Å². The lowest BCUT2D eigenvalue weighted by Crippen LogP contribution is -2.46. The van der Waals surface area contributed by atoms with E-state index in [1.165, 1.54) is 0 Å². The summed E-state index contributed by atoms with van der Waals surface area (Å²) in [5, 5.41) is 0. The maximum Gasteiger partial charge on any atom is 0.491 e. The Kier molecular flexibility index (Phi) is 3.23. The number of hydrogen-bond donors (Lipinski definition) is 0. The number of hydrogen-bond acceptors (Lipinski definition) is 1. The molecule has 0 heterocycles. The maximum absolute atomic E-state index is 11.8. The summed E-state index contributed by atoms with van der Waals surface area (Å²) in [7, 11) is 0. The summed E-state index contributed by atoms with van der Waals surface area (Å²) >= 11 is 0. The van der Waals surface area contributed by atoms with E-state index in [0.29, 0.717) is 0 Å². The molecule has 0 unspecified atom stereocenters. The van der Waals surface area contributed by atoms with Crippen LogP contribution in [0.15, 0.2) is 11.8 Å². The van der Waals surface area contributed by atoms with Gasteiger partial charge in [-0.05, 0) is 13.8 Å². The monoisotopic (exact) mass is 207 g/mol. The van der Waals surface area contributed by atoms with Crippen molar-refractivity contribution in [2.24, 2.45) is 0 Å². The van der Waals surface area contributed by atoms with Crippen LogP contribution >= 0.6 is 0 Å². The largest absolute Gasteiger partial charge is 0.491 e. The SMILES string of the molecule is C/C=C(/C)N(C(F)(F)F)C(F)(F)F. The minimum absolute atomic E-state index is 0.737. The Hall–Kier alpha value is -0.880. The summed E-state index contributed by atoms with van der Waals surface area (Å²) in [6, 6.07) is 0. The molecular weight excluding hydrogens is 200 g/mol. The molecule has 0 saturated heterocycles. The third kappa shape index (κ3) is 3.16. The average molecular weight is 207 g/mol. The van der Waals surface area contributed by atoms with Crippen LogP contribution in [0.5, 0.6) is 0 Å². The lowest BCUT2D eigenvalue weighted by molar-refractivity contribution is -0.358. The Morgan fingerprint density at radius 1 is 1.00 bits per heavy atom. The molecule has 7 heteroatoms. The maximum atomic E-state index is 11.8. The molecule has 0 spiro atoms. The van der Waals surface area contributed by atoms with E-state index in [2.05, 4.69) is 0 Å². The molecule has 78 valence electrons. The van der Waals surface area contributed by atoms with Gasteiger partial charge < -0.3 is 0 Å². The van der Waals surface area contributed by atoms with Gasteiger partial charge in [0.2, 0.25) is 0 Å². The van der Waals surface area contributed by atoms with Crippen LogP contribution in [0.1, 0.15) is 13.8 Å². The Balaban J connectivity index is 5.01. The van der Waals surface area contributed by atoms with Crippen molar-refractivity contribution in [2.75, 3.05) is 0 Å². The summed E-state index contributed by atoms with van der Waals surface area (Å²) < 4.78 is 70.9. The Morgan fingerprint density at radius 2 is 1.31 bits per heavy atom. The molecule has 0 aromatic carbocycles. The highest BCUT2D eigenvalue weighted by molar-refractivity contribution is 4.97. The van der Waals surface area contributed by atoms with Crippen molar-refractivity contribution >= 4 is 0 Å². The second-order valence-corrected chi connectivity index (χ2v) is 2.20. The van der Waals surface area contributed by atoms with Crippen LogP contribution in [-0.2, 0) is 0 Å². The summed E-state index contributed by atoms with van der Waals surface area (Å²) in [5.41, 5.74) is -0.903. The fraction of sp³-hybridized carbons (Fsp3) is 0.667. The molecular formula is C6H7F6N. The molecule has 0 aromatic rings. The van der Waals surface area contributed by atoms with Gasteiger partial charge in [-0.1, -0.05) is 6.08 Å². The molecule has 13 heavy (non-hydrogen) atoms.